The first kappa shape index (κ1) is 16.0. The van der Waals surface area contributed by atoms with Crippen LogP contribution in [0.4, 0.5) is 11.6 Å². The van der Waals surface area contributed by atoms with Crippen LogP contribution in [0.5, 0.6) is 0 Å². The van der Waals surface area contributed by atoms with Crippen molar-refractivity contribution in [1.29, 1.82) is 0 Å². The lowest BCUT2D eigenvalue weighted by atomic mass is 10.2. The average molecular weight is 293 g/mol. The Morgan fingerprint density at radius 2 is 1.95 bits per heavy atom. The van der Waals surface area contributed by atoms with Crippen molar-refractivity contribution in [3.05, 3.63) is 11.9 Å². The van der Waals surface area contributed by atoms with E-state index in [1.807, 2.05) is 13.0 Å². The number of rotatable bonds is 6. The largest absolute Gasteiger partial charge is 0.384 e. The van der Waals surface area contributed by atoms with Crippen LogP contribution in [0.15, 0.2) is 6.07 Å². The van der Waals surface area contributed by atoms with Gasteiger partial charge in [0.2, 0.25) is 0 Å². The summed E-state index contributed by atoms with van der Waals surface area (Å²) in [6, 6.07) is 2.50. The number of nitrogens with zero attached hydrogens (tertiary/aromatic N) is 4. The van der Waals surface area contributed by atoms with Crippen LogP contribution in [0.25, 0.3) is 0 Å². The van der Waals surface area contributed by atoms with Gasteiger partial charge in [0.15, 0.2) is 5.82 Å². The summed E-state index contributed by atoms with van der Waals surface area (Å²) in [5, 5.41) is 0. The summed E-state index contributed by atoms with van der Waals surface area (Å²) in [5.41, 5.74) is 5.89. The van der Waals surface area contributed by atoms with Crippen molar-refractivity contribution in [2.45, 2.75) is 39.8 Å². The first-order valence-corrected chi connectivity index (χ1v) is 7.84. The van der Waals surface area contributed by atoms with E-state index < -0.39 is 0 Å². The first-order chi connectivity index (χ1) is 10.1. The van der Waals surface area contributed by atoms with Gasteiger partial charge in [-0.05, 0) is 20.3 Å². The summed E-state index contributed by atoms with van der Waals surface area (Å²) >= 11 is 0. The molecule has 2 rings (SSSR count). The topological polar surface area (TPSA) is 67.5 Å². The zero-order chi connectivity index (χ0) is 15.2. The Morgan fingerprint density at radius 1 is 1.24 bits per heavy atom. The molecule has 0 aliphatic carbocycles. The van der Waals surface area contributed by atoms with Crippen LogP contribution in [0.1, 0.15) is 33.0 Å². The maximum Gasteiger partial charge on any atom is 0.158 e. The predicted molar refractivity (Wildman–Crippen MR) is 85.3 cm³/mol. The van der Waals surface area contributed by atoms with Crippen molar-refractivity contribution in [3.8, 4) is 0 Å². The molecule has 0 spiro atoms. The Balaban J connectivity index is 2.01. The van der Waals surface area contributed by atoms with Crippen LogP contribution < -0.4 is 10.6 Å². The second kappa shape index (κ2) is 7.56. The molecule has 6 nitrogen and oxygen atoms in total. The van der Waals surface area contributed by atoms with Crippen LogP contribution in [-0.2, 0) is 11.3 Å². The fraction of sp³-hybridized carbons (Fsp3) is 0.733. The Morgan fingerprint density at radius 3 is 2.57 bits per heavy atom. The quantitative estimate of drug-likeness (QED) is 0.857. The SMILES string of the molecule is CCOCc1nc(N)cc(N2CCN(C(C)CC)CC2)n1. The summed E-state index contributed by atoms with van der Waals surface area (Å²) < 4.78 is 5.37. The summed E-state index contributed by atoms with van der Waals surface area (Å²) in [6.07, 6.45) is 1.19. The number of nitrogens with two attached hydrogens (primary N) is 1. The highest BCUT2D eigenvalue weighted by molar-refractivity contribution is 5.47. The van der Waals surface area contributed by atoms with Gasteiger partial charge in [-0.1, -0.05) is 6.92 Å². The smallest absolute Gasteiger partial charge is 0.158 e. The number of nitrogen functional groups attached to an aromatic ring is 1. The molecule has 0 radical (unpaired) electrons. The number of ether oxygens (including phenoxy) is 1. The molecule has 0 amide bonds. The summed E-state index contributed by atoms with van der Waals surface area (Å²) in [5.74, 6) is 2.09. The summed E-state index contributed by atoms with van der Waals surface area (Å²) in [7, 11) is 0. The Labute approximate surface area is 127 Å². The minimum Gasteiger partial charge on any atom is -0.384 e. The minimum atomic E-state index is 0.418. The predicted octanol–water partition coefficient (Wildman–Crippen LogP) is 1.52. The van der Waals surface area contributed by atoms with Crippen LogP contribution in [0.2, 0.25) is 0 Å². The molecular formula is C15H27N5O. The molecular weight excluding hydrogens is 266 g/mol. The normalized spacial score (nSPS) is 18.0. The highest BCUT2D eigenvalue weighted by Gasteiger charge is 2.21. The third-order valence-corrected chi connectivity index (χ3v) is 4.07. The van der Waals surface area contributed by atoms with Gasteiger partial charge in [0, 0.05) is 44.9 Å². The average Bonchev–Trinajstić information content (AvgIpc) is 2.51. The van der Waals surface area contributed by atoms with Gasteiger partial charge in [-0.15, -0.1) is 0 Å². The van der Waals surface area contributed by atoms with E-state index in [9.17, 15) is 0 Å². The fourth-order valence-electron chi connectivity index (χ4n) is 2.57. The monoisotopic (exact) mass is 293 g/mol. The number of hydrogen-bond donors (Lipinski definition) is 1. The number of hydrogen-bond acceptors (Lipinski definition) is 6. The van der Waals surface area contributed by atoms with Crippen molar-refractivity contribution in [2.24, 2.45) is 0 Å². The molecule has 1 aromatic heterocycles. The molecule has 2 N–H and O–H groups in total. The van der Waals surface area contributed by atoms with Gasteiger partial charge in [0.05, 0.1) is 0 Å². The molecule has 0 aromatic carbocycles. The molecule has 1 aliphatic heterocycles. The maximum atomic E-state index is 5.89. The van der Waals surface area contributed by atoms with E-state index in [0.717, 1.165) is 32.0 Å². The van der Waals surface area contributed by atoms with E-state index >= 15 is 0 Å². The minimum absolute atomic E-state index is 0.418. The van der Waals surface area contributed by atoms with E-state index in [0.29, 0.717) is 30.9 Å². The zero-order valence-corrected chi connectivity index (χ0v) is 13.4. The van der Waals surface area contributed by atoms with Gasteiger partial charge in [-0.2, -0.15) is 0 Å². The highest BCUT2D eigenvalue weighted by Crippen LogP contribution is 2.18. The third-order valence-electron chi connectivity index (χ3n) is 4.07. The lowest BCUT2D eigenvalue weighted by molar-refractivity contribution is 0.128. The number of anilines is 2. The molecule has 1 fully saturated rings. The number of piperazine rings is 1. The molecule has 21 heavy (non-hydrogen) atoms. The first-order valence-electron chi connectivity index (χ1n) is 7.84. The molecule has 6 heteroatoms. The van der Waals surface area contributed by atoms with Gasteiger partial charge < -0.3 is 15.4 Å². The van der Waals surface area contributed by atoms with Gasteiger partial charge in [0.25, 0.3) is 0 Å². The van der Waals surface area contributed by atoms with Gasteiger partial charge in [0.1, 0.15) is 18.2 Å². The number of aromatic nitrogens is 2. The van der Waals surface area contributed by atoms with Gasteiger partial charge >= 0.3 is 0 Å². The second-order valence-corrected chi connectivity index (χ2v) is 5.48. The van der Waals surface area contributed by atoms with E-state index in [4.69, 9.17) is 10.5 Å². The Bertz CT molecular complexity index is 446. The Kier molecular flexibility index (Phi) is 5.76. The van der Waals surface area contributed by atoms with Crippen molar-refractivity contribution in [2.75, 3.05) is 43.4 Å². The molecule has 1 atom stereocenters. The van der Waals surface area contributed by atoms with E-state index in [1.54, 1.807) is 0 Å². The van der Waals surface area contributed by atoms with Crippen LogP contribution >= 0.6 is 0 Å². The lowest BCUT2D eigenvalue weighted by Gasteiger charge is -2.38. The lowest BCUT2D eigenvalue weighted by Crippen LogP contribution is -2.49. The van der Waals surface area contributed by atoms with Gasteiger partial charge in [-0.3, -0.25) is 4.90 Å². The van der Waals surface area contributed by atoms with Crippen molar-refractivity contribution < 1.29 is 4.74 Å². The fourth-order valence-corrected chi connectivity index (χ4v) is 2.57. The molecule has 0 bridgehead atoms. The molecule has 118 valence electrons. The molecule has 1 saturated heterocycles. The van der Waals surface area contributed by atoms with Crippen LogP contribution in [0, 0.1) is 0 Å². The van der Waals surface area contributed by atoms with E-state index in [-0.39, 0.29) is 0 Å². The van der Waals surface area contributed by atoms with E-state index in [2.05, 4.69) is 33.6 Å². The van der Waals surface area contributed by atoms with Crippen LogP contribution in [0.3, 0.4) is 0 Å². The third kappa shape index (κ3) is 4.28. The summed E-state index contributed by atoms with van der Waals surface area (Å²) in [6.45, 7) is 11.7. The van der Waals surface area contributed by atoms with E-state index in [1.165, 1.54) is 6.42 Å². The molecule has 1 aromatic rings. The molecule has 0 saturated carbocycles. The second-order valence-electron chi connectivity index (χ2n) is 5.48. The zero-order valence-electron chi connectivity index (χ0n) is 13.4. The Hall–Kier alpha value is -1.40. The van der Waals surface area contributed by atoms with Crippen LogP contribution in [-0.4, -0.2) is 53.7 Å². The molecule has 1 aliphatic rings. The van der Waals surface area contributed by atoms with Crippen molar-refractivity contribution in [3.63, 3.8) is 0 Å². The van der Waals surface area contributed by atoms with Crippen molar-refractivity contribution in [1.82, 2.24) is 14.9 Å². The molecule has 2 heterocycles. The maximum absolute atomic E-state index is 5.89. The van der Waals surface area contributed by atoms with Gasteiger partial charge in [-0.25, -0.2) is 9.97 Å². The summed E-state index contributed by atoms with van der Waals surface area (Å²) in [4.78, 5) is 13.6. The highest BCUT2D eigenvalue weighted by atomic mass is 16.5. The van der Waals surface area contributed by atoms with Crippen molar-refractivity contribution >= 4 is 11.6 Å². The standard InChI is InChI=1S/C15H27N5O/c1-4-12(3)19-6-8-20(9-7-19)15-10-13(16)17-14(18-15)11-21-5-2/h10,12H,4-9,11H2,1-3H3,(H2,16,17,18). The molecule has 1 unspecified atom stereocenters.